The highest BCUT2D eigenvalue weighted by atomic mass is 19.4. The lowest BCUT2D eigenvalue weighted by Crippen LogP contribution is -2.31. The van der Waals surface area contributed by atoms with Gasteiger partial charge in [0.15, 0.2) is 0 Å². The van der Waals surface area contributed by atoms with Crippen LogP contribution in [0.1, 0.15) is 42.1 Å². The summed E-state index contributed by atoms with van der Waals surface area (Å²) in [6, 6.07) is 14.9. The highest BCUT2D eigenvalue weighted by molar-refractivity contribution is 5.50. The molecule has 0 unspecified atom stereocenters. The van der Waals surface area contributed by atoms with Crippen LogP contribution in [0.2, 0.25) is 0 Å². The van der Waals surface area contributed by atoms with Gasteiger partial charge in [-0.05, 0) is 36.1 Å². The van der Waals surface area contributed by atoms with Gasteiger partial charge in [-0.15, -0.1) is 0 Å². The van der Waals surface area contributed by atoms with Gasteiger partial charge in [0, 0.05) is 6.42 Å². The first-order valence-electron chi connectivity index (χ1n) is 8.64. The molecule has 0 spiro atoms. The maximum absolute atomic E-state index is 12.8. The highest BCUT2D eigenvalue weighted by Gasteiger charge is 2.30. The molecule has 3 atom stereocenters. The third kappa shape index (κ3) is 4.96. The van der Waals surface area contributed by atoms with E-state index in [0.29, 0.717) is 24.8 Å². The van der Waals surface area contributed by atoms with Crippen molar-refractivity contribution in [3.8, 4) is 0 Å². The van der Waals surface area contributed by atoms with Crippen LogP contribution in [0.15, 0.2) is 60.7 Å². The summed E-state index contributed by atoms with van der Waals surface area (Å²) in [5.41, 5.74) is 0.863. The van der Waals surface area contributed by atoms with Crippen molar-refractivity contribution in [2.24, 2.45) is 0 Å². The van der Waals surface area contributed by atoms with Crippen molar-refractivity contribution < 1.29 is 23.0 Å². The summed E-state index contributed by atoms with van der Waals surface area (Å²) < 4.78 is 44.3. The van der Waals surface area contributed by atoms with Crippen molar-refractivity contribution in [3.05, 3.63) is 77.4 Å². The van der Waals surface area contributed by atoms with Crippen LogP contribution in [0.25, 0.3) is 6.08 Å². The standard InChI is InChI=1S/C21H21F3O2/c22-21(23,24)17-10-4-6-15(12-17)7-5-11-19-13-18(25)14-20(26-19)16-8-2-1-3-9-16/h1-10,12,18-20,25H,11,13-14H2/b7-5+/t18-,19+,20+/m0/s1. The Morgan fingerprint density at radius 2 is 1.81 bits per heavy atom. The summed E-state index contributed by atoms with van der Waals surface area (Å²) in [5, 5.41) is 10.1. The Labute approximate surface area is 150 Å². The van der Waals surface area contributed by atoms with Crippen LogP contribution in [0.3, 0.4) is 0 Å². The van der Waals surface area contributed by atoms with Crippen molar-refractivity contribution in [2.75, 3.05) is 0 Å². The van der Waals surface area contributed by atoms with Crippen molar-refractivity contribution in [2.45, 2.75) is 43.8 Å². The fourth-order valence-electron chi connectivity index (χ4n) is 3.20. The first-order chi connectivity index (χ1) is 12.4. The molecule has 2 aromatic carbocycles. The SMILES string of the molecule is O[C@H]1C[C@@H](C/C=C/c2cccc(C(F)(F)F)c2)O[C@@H](c2ccccc2)C1. The maximum atomic E-state index is 12.8. The molecule has 3 rings (SSSR count). The van der Waals surface area contributed by atoms with Gasteiger partial charge >= 0.3 is 6.18 Å². The smallest absolute Gasteiger partial charge is 0.393 e. The minimum atomic E-state index is -4.34. The minimum absolute atomic E-state index is 0.160. The van der Waals surface area contributed by atoms with Crippen molar-refractivity contribution >= 4 is 6.08 Å². The average molecular weight is 362 g/mol. The maximum Gasteiger partial charge on any atom is 0.416 e. The summed E-state index contributed by atoms with van der Waals surface area (Å²) in [4.78, 5) is 0. The molecule has 0 radical (unpaired) electrons. The largest absolute Gasteiger partial charge is 0.416 e. The molecule has 1 saturated heterocycles. The number of aliphatic hydroxyl groups is 1. The van der Waals surface area contributed by atoms with Crippen LogP contribution in [0.5, 0.6) is 0 Å². The van der Waals surface area contributed by atoms with E-state index >= 15 is 0 Å². The second kappa shape index (κ2) is 8.06. The van der Waals surface area contributed by atoms with Crippen LogP contribution in [0, 0.1) is 0 Å². The molecule has 2 aromatic rings. The second-order valence-electron chi connectivity index (χ2n) is 6.54. The quantitative estimate of drug-likeness (QED) is 0.790. The number of ether oxygens (including phenoxy) is 1. The lowest BCUT2D eigenvalue weighted by molar-refractivity contribution is -0.137. The van der Waals surface area contributed by atoms with Crippen molar-refractivity contribution in [3.63, 3.8) is 0 Å². The highest BCUT2D eigenvalue weighted by Crippen LogP contribution is 2.33. The molecule has 1 aliphatic heterocycles. The fourth-order valence-corrected chi connectivity index (χ4v) is 3.20. The Bertz CT molecular complexity index is 740. The Hall–Kier alpha value is -2.11. The van der Waals surface area contributed by atoms with Gasteiger partial charge in [0.05, 0.1) is 23.9 Å². The predicted octanol–water partition coefficient (Wildman–Crippen LogP) is 5.39. The molecule has 0 saturated carbocycles. The van der Waals surface area contributed by atoms with E-state index in [1.807, 2.05) is 30.3 Å². The van der Waals surface area contributed by atoms with Gasteiger partial charge < -0.3 is 9.84 Å². The molecule has 0 aliphatic carbocycles. The Morgan fingerprint density at radius 3 is 2.54 bits per heavy atom. The molecule has 1 heterocycles. The number of hydrogen-bond donors (Lipinski definition) is 1. The van der Waals surface area contributed by atoms with Gasteiger partial charge in [-0.25, -0.2) is 0 Å². The van der Waals surface area contributed by atoms with Crippen LogP contribution in [-0.2, 0) is 10.9 Å². The second-order valence-corrected chi connectivity index (χ2v) is 6.54. The summed E-state index contributed by atoms with van der Waals surface area (Å²) in [5.74, 6) is 0. The van der Waals surface area contributed by atoms with Gasteiger partial charge in [0.25, 0.3) is 0 Å². The molecule has 0 amide bonds. The molecule has 2 nitrogen and oxygen atoms in total. The Balaban J connectivity index is 1.63. The summed E-state index contributed by atoms with van der Waals surface area (Å²) in [6.07, 6.45) is -0.0234. The van der Waals surface area contributed by atoms with Crippen LogP contribution < -0.4 is 0 Å². The number of rotatable bonds is 4. The number of hydrogen-bond acceptors (Lipinski definition) is 2. The number of aliphatic hydroxyl groups excluding tert-OH is 1. The zero-order valence-corrected chi connectivity index (χ0v) is 14.2. The molecule has 1 fully saturated rings. The van der Waals surface area contributed by atoms with Crippen molar-refractivity contribution in [1.82, 2.24) is 0 Å². The Morgan fingerprint density at radius 1 is 1.04 bits per heavy atom. The molecular weight excluding hydrogens is 341 g/mol. The molecule has 26 heavy (non-hydrogen) atoms. The van der Waals surface area contributed by atoms with Crippen molar-refractivity contribution in [1.29, 1.82) is 0 Å². The first-order valence-corrected chi connectivity index (χ1v) is 8.64. The third-order valence-electron chi connectivity index (χ3n) is 4.47. The zero-order valence-electron chi connectivity index (χ0n) is 14.2. The molecule has 1 aliphatic rings. The third-order valence-corrected chi connectivity index (χ3v) is 4.47. The van der Waals surface area contributed by atoms with E-state index in [1.165, 1.54) is 6.07 Å². The van der Waals surface area contributed by atoms with E-state index in [2.05, 4.69) is 0 Å². The summed E-state index contributed by atoms with van der Waals surface area (Å²) >= 11 is 0. The van der Waals surface area contributed by atoms with E-state index < -0.39 is 17.8 Å². The van der Waals surface area contributed by atoms with Gasteiger partial charge in [-0.3, -0.25) is 0 Å². The number of benzene rings is 2. The number of alkyl halides is 3. The topological polar surface area (TPSA) is 29.5 Å². The number of halogens is 3. The summed E-state index contributed by atoms with van der Waals surface area (Å²) in [7, 11) is 0. The predicted molar refractivity (Wildman–Crippen MR) is 94.4 cm³/mol. The van der Waals surface area contributed by atoms with Gasteiger partial charge in [-0.1, -0.05) is 54.6 Å². The molecule has 5 heteroatoms. The minimum Gasteiger partial charge on any atom is -0.393 e. The first kappa shape index (κ1) is 18.7. The normalized spacial score (nSPS) is 24.1. The molecule has 0 bridgehead atoms. The fraction of sp³-hybridized carbons (Fsp3) is 0.333. The lowest BCUT2D eigenvalue weighted by Gasteiger charge is -2.33. The molecular formula is C21H21F3O2. The van der Waals surface area contributed by atoms with Crippen LogP contribution in [-0.4, -0.2) is 17.3 Å². The van der Waals surface area contributed by atoms with E-state index in [4.69, 9.17) is 4.74 Å². The zero-order chi connectivity index (χ0) is 18.6. The van der Waals surface area contributed by atoms with Gasteiger partial charge in [0.2, 0.25) is 0 Å². The molecule has 1 N–H and O–H groups in total. The van der Waals surface area contributed by atoms with Gasteiger partial charge in [-0.2, -0.15) is 13.2 Å². The molecule has 138 valence electrons. The lowest BCUT2D eigenvalue weighted by atomic mass is 9.94. The van der Waals surface area contributed by atoms with E-state index in [1.54, 1.807) is 18.2 Å². The van der Waals surface area contributed by atoms with Crippen LogP contribution >= 0.6 is 0 Å². The average Bonchev–Trinajstić information content (AvgIpc) is 2.62. The monoisotopic (exact) mass is 362 g/mol. The van der Waals surface area contributed by atoms with Crippen LogP contribution in [0.4, 0.5) is 13.2 Å². The van der Waals surface area contributed by atoms with Gasteiger partial charge in [0.1, 0.15) is 0 Å². The van der Waals surface area contributed by atoms with E-state index in [0.717, 1.165) is 17.7 Å². The van der Waals surface area contributed by atoms with E-state index in [-0.39, 0.29) is 12.2 Å². The summed E-state index contributed by atoms with van der Waals surface area (Å²) in [6.45, 7) is 0. The van der Waals surface area contributed by atoms with E-state index in [9.17, 15) is 18.3 Å². The molecule has 0 aromatic heterocycles. The Kier molecular flexibility index (Phi) is 5.79.